The molecule has 0 radical (unpaired) electrons. The third-order valence-electron chi connectivity index (χ3n) is 10.8. The molecule has 2 rings (SSSR count). The van der Waals surface area contributed by atoms with Crippen molar-refractivity contribution < 1.29 is 71.1 Å². The van der Waals surface area contributed by atoms with E-state index in [-0.39, 0.29) is 24.4 Å². The highest BCUT2D eigenvalue weighted by atomic mass is 31.3. The van der Waals surface area contributed by atoms with E-state index in [9.17, 15) is 48.3 Å². The lowest BCUT2D eigenvalue weighted by molar-refractivity contribution is -0.161. The van der Waals surface area contributed by atoms with Crippen LogP contribution in [-0.4, -0.2) is 91.5 Å². The molecule has 0 aliphatic carbocycles. The lowest BCUT2D eigenvalue weighted by Crippen LogP contribution is -2.36. The Morgan fingerprint density at radius 1 is 0.732 bits per heavy atom. The van der Waals surface area contributed by atoms with Gasteiger partial charge in [-0.1, -0.05) is 126 Å². The SMILES string of the molecule is CC/C=C\C/C=C\C/C=C\C/C=C\CCCCCCC(=O)O[C@H](COC(=O)CCCCCCCC(=O)/C=C/C=C\CCCCC)COP(=O)(O)OP(=O)(O)OC[C@H]1O[C@@H](n2ccc(N)nc2=O)[C@H](O)[C@@H]1O. The van der Waals surface area contributed by atoms with Gasteiger partial charge >= 0.3 is 33.3 Å². The fourth-order valence-electron chi connectivity index (χ4n) is 6.87. The quantitative estimate of drug-likeness (QED) is 0.0102. The fourth-order valence-corrected chi connectivity index (χ4v) is 8.98. The molecule has 6 N–H and O–H groups in total. The zero-order valence-electron chi connectivity index (χ0n) is 41.5. The monoisotopic (exact) mass is 1040 g/mol. The van der Waals surface area contributed by atoms with Crippen molar-refractivity contribution in [2.45, 2.75) is 179 Å². The zero-order chi connectivity index (χ0) is 52.2. The number of carbonyl (C=O) groups is 3. The minimum absolute atomic E-state index is 0.00639. The van der Waals surface area contributed by atoms with Crippen LogP contribution < -0.4 is 11.4 Å². The molecule has 2 heterocycles. The molecule has 1 aliphatic rings. The van der Waals surface area contributed by atoms with E-state index < -0.39 is 83.7 Å². The summed E-state index contributed by atoms with van der Waals surface area (Å²) in [7, 11) is -10.9. The third kappa shape index (κ3) is 30.5. The van der Waals surface area contributed by atoms with E-state index in [4.69, 9.17) is 29.0 Å². The highest BCUT2D eigenvalue weighted by Gasteiger charge is 2.46. The van der Waals surface area contributed by atoms with Gasteiger partial charge in [0.25, 0.3) is 0 Å². The first-order chi connectivity index (χ1) is 34.1. The number of phosphoric ester groups is 2. The van der Waals surface area contributed by atoms with Gasteiger partial charge in [0, 0.05) is 25.5 Å². The van der Waals surface area contributed by atoms with Gasteiger partial charge in [0.05, 0.1) is 13.2 Å². The van der Waals surface area contributed by atoms with Crippen LogP contribution in [0, 0.1) is 0 Å². The third-order valence-corrected chi connectivity index (χ3v) is 13.4. The topological polar surface area (TPSA) is 283 Å². The van der Waals surface area contributed by atoms with Crippen LogP contribution in [0.4, 0.5) is 5.82 Å². The Morgan fingerprint density at radius 2 is 1.31 bits per heavy atom. The molecule has 1 aromatic rings. The molecule has 0 bridgehead atoms. The lowest BCUT2D eigenvalue weighted by Gasteiger charge is -2.21. The molecule has 0 spiro atoms. The maximum Gasteiger partial charge on any atom is 0.481 e. The Labute approximate surface area is 419 Å². The van der Waals surface area contributed by atoms with E-state index in [0.717, 1.165) is 101 Å². The second kappa shape index (κ2) is 37.6. The van der Waals surface area contributed by atoms with Crippen molar-refractivity contribution in [3.8, 4) is 0 Å². The van der Waals surface area contributed by atoms with Crippen molar-refractivity contribution in [2.75, 3.05) is 25.6 Å². The van der Waals surface area contributed by atoms with Crippen molar-refractivity contribution in [3.63, 3.8) is 0 Å². The Bertz CT molecular complexity index is 2040. The predicted octanol–water partition coefficient (Wildman–Crippen LogP) is 9.29. The molecule has 7 atom stereocenters. The van der Waals surface area contributed by atoms with E-state index >= 15 is 0 Å². The number of nitrogen functional groups attached to an aromatic ring is 1. The normalized spacial score (nSPS) is 19.7. The maximum atomic E-state index is 12.9. The van der Waals surface area contributed by atoms with Crippen molar-refractivity contribution in [2.24, 2.45) is 0 Å². The van der Waals surface area contributed by atoms with Crippen LogP contribution in [0.5, 0.6) is 0 Å². The standard InChI is InChI=1S/C50H79N3O16P2/c1-3-5-7-9-11-12-13-14-15-16-17-18-19-20-22-26-31-35-46(56)67-42(38-64-45(55)34-30-27-23-25-29-33-41(54)32-28-24-21-10-8-6-4-2)39-65-70(60,61)69-71(62,63)66-40-43-47(57)48(58)49(68-43)53-37-36-44(51)52-50(53)59/h5,7,11-12,14-15,17-18,21,24,28,32,36-37,42-43,47-49,57-58H,3-4,6,8-10,13,16,19-20,22-23,25-27,29-31,33-35,38-40H2,1-2H3,(H,60,61)(H,62,63)(H2,51,52,59)/b7-5-,12-11-,15-14-,18-17-,24-21-,32-28+/t42-,43-,47-,48-,49-/m1/s1. The molecule has 1 saturated heterocycles. The van der Waals surface area contributed by atoms with Gasteiger partial charge < -0.3 is 39.9 Å². The number of allylic oxidation sites excluding steroid dienone is 12. The van der Waals surface area contributed by atoms with E-state index in [0.29, 0.717) is 25.7 Å². The number of esters is 2. The molecular formula is C50H79N3O16P2. The molecule has 19 nitrogen and oxygen atoms in total. The lowest BCUT2D eigenvalue weighted by atomic mass is 10.1. The molecule has 0 amide bonds. The predicted molar refractivity (Wildman–Crippen MR) is 270 cm³/mol. The average Bonchev–Trinajstić information content (AvgIpc) is 3.60. The number of hydrogen-bond acceptors (Lipinski definition) is 16. The number of aliphatic hydroxyl groups is 2. The number of nitrogens with two attached hydrogens (primary N) is 1. The van der Waals surface area contributed by atoms with Crippen molar-refractivity contribution in [1.82, 2.24) is 9.55 Å². The minimum atomic E-state index is -5.45. The van der Waals surface area contributed by atoms with Crippen molar-refractivity contribution in [3.05, 3.63) is 95.7 Å². The van der Waals surface area contributed by atoms with Crippen LogP contribution in [-0.2, 0) is 51.1 Å². The Morgan fingerprint density at radius 3 is 1.97 bits per heavy atom. The highest BCUT2D eigenvalue weighted by Crippen LogP contribution is 2.60. The molecular weight excluding hydrogens is 961 g/mol. The summed E-state index contributed by atoms with van der Waals surface area (Å²) in [6, 6.07) is 1.24. The molecule has 71 heavy (non-hydrogen) atoms. The van der Waals surface area contributed by atoms with Crippen LogP contribution in [0.25, 0.3) is 0 Å². The molecule has 0 aromatic carbocycles. The van der Waals surface area contributed by atoms with Crippen molar-refractivity contribution in [1.29, 1.82) is 0 Å². The van der Waals surface area contributed by atoms with Crippen LogP contribution in [0.2, 0.25) is 0 Å². The van der Waals surface area contributed by atoms with Crippen LogP contribution in [0.15, 0.2) is 90.0 Å². The second-order valence-corrected chi connectivity index (χ2v) is 20.0. The largest absolute Gasteiger partial charge is 0.481 e. The summed E-state index contributed by atoms with van der Waals surface area (Å²) in [6.07, 6.45) is 33.7. The number of rotatable bonds is 40. The molecule has 1 aliphatic heterocycles. The number of aliphatic hydroxyl groups excluding tert-OH is 2. The summed E-state index contributed by atoms with van der Waals surface area (Å²) < 4.78 is 56.6. The Kier molecular flexibility index (Phi) is 33.3. The Hall–Kier alpha value is -4.13. The van der Waals surface area contributed by atoms with Crippen LogP contribution >= 0.6 is 15.6 Å². The van der Waals surface area contributed by atoms with Gasteiger partial charge in [0.15, 0.2) is 18.1 Å². The zero-order valence-corrected chi connectivity index (χ0v) is 43.3. The number of carbonyl (C=O) groups excluding carboxylic acids is 3. The van der Waals surface area contributed by atoms with Gasteiger partial charge in [-0.15, -0.1) is 0 Å². The molecule has 21 heteroatoms. The molecule has 0 saturated carbocycles. The average molecular weight is 1040 g/mol. The van der Waals surface area contributed by atoms with Crippen molar-refractivity contribution >= 4 is 39.2 Å². The number of ketones is 1. The fraction of sp³-hybridized carbons (Fsp3) is 0.620. The number of ether oxygens (including phenoxy) is 3. The van der Waals surface area contributed by atoms with E-state index in [1.54, 1.807) is 12.2 Å². The molecule has 400 valence electrons. The maximum absolute atomic E-state index is 12.9. The van der Waals surface area contributed by atoms with Gasteiger partial charge in [-0.05, 0) is 82.8 Å². The molecule has 2 unspecified atom stereocenters. The number of aromatic nitrogens is 2. The summed E-state index contributed by atoms with van der Waals surface area (Å²) in [5.41, 5.74) is 4.57. The number of anilines is 1. The summed E-state index contributed by atoms with van der Waals surface area (Å²) in [6.45, 7) is 1.84. The van der Waals surface area contributed by atoms with Crippen LogP contribution in [0.1, 0.15) is 155 Å². The van der Waals surface area contributed by atoms with Gasteiger partial charge in [-0.2, -0.15) is 9.29 Å². The number of nitrogens with zero attached hydrogens (tertiary/aromatic N) is 2. The molecule has 1 fully saturated rings. The Balaban J connectivity index is 1.84. The summed E-state index contributed by atoms with van der Waals surface area (Å²) in [5, 5.41) is 20.9. The van der Waals surface area contributed by atoms with Crippen LogP contribution in [0.3, 0.4) is 0 Å². The van der Waals surface area contributed by atoms with Gasteiger partial charge in [-0.3, -0.25) is 28.0 Å². The summed E-state index contributed by atoms with van der Waals surface area (Å²) in [4.78, 5) is 74.0. The second-order valence-electron chi connectivity index (χ2n) is 17.0. The number of phosphoric acid groups is 2. The van der Waals surface area contributed by atoms with E-state index in [2.05, 4.69) is 77.8 Å². The first kappa shape index (κ1) is 63.0. The highest BCUT2D eigenvalue weighted by molar-refractivity contribution is 7.61. The van der Waals surface area contributed by atoms with E-state index in [1.807, 2.05) is 6.08 Å². The van der Waals surface area contributed by atoms with Gasteiger partial charge in [0.2, 0.25) is 0 Å². The summed E-state index contributed by atoms with van der Waals surface area (Å²) in [5.74, 6) is -1.37. The van der Waals surface area contributed by atoms with Gasteiger partial charge in [0.1, 0.15) is 30.7 Å². The number of unbranched alkanes of at least 4 members (excludes halogenated alkanes) is 11. The smallest absolute Gasteiger partial charge is 0.462 e. The van der Waals surface area contributed by atoms with E-state index in [1.165, 1.54) is 12.5 Å². The number of hydrogen-bond donors (Lipinski definition) is 5. The first-order valence-corrected chi connectivity index (χ1v) is 27.9. The van der Waals surface area contributed by atoms with Gasteiger partial charge in [-0.25, -0.2) is 13.9 Å². The minimum Gasteiger partial charge on any atom is -0.462 e. The first-order valence-electron chi connectivity index (χ1n) is 24.9. The molecule has 1 aromatic heterocycles. The summed E-state index contributed by atoms with van der Waals surface area (Å²) >= 11 is 0.